The third-order valence-corrected chi connectivity index (χ3v) is 4.16. The fourth-order valence-corrected chi connectivity index (χ4v) is 2.92. The predicted molar refractivity (Wildman–Crippen MR) is 97.2 cm³/mol. The Morgan fingerprint density at radius 2 is 1.84 bits per heavy atom. The van der Waals surface area contributed by atoms with E-state index in [1.54, 1.807) is 0 Å². The van der Waals surface area contributed by atoms with Crippen molar-refractivity contribution in [2.24, 2.45) is 5.92 Å². The molecule has 1 saturated heterocycles. The summed E-state index contributed by atoms with van der Waals surface area (Å²) in [5.41, 5.74) is 2.51. The number of rotatable bonds is 6. The topological polar surface area (TPSA) is 70.1 Å². The second kappa shape index (κ2) is 11.6. The summed E-state index contributed by atoms with van der Waals surface area (Å²) in [6.07, 6.45) is 2.79. The first-order valence-electron chi connectivity index (χ1n) is 8.59. The van der Waals surface area contributed by atoms with E-state index in [1.807, 2.05) is 18.0 Å². The molecule has 1 aliphatic heterocycles. The molecule has 6 heteroatoms. The van der Waals surface area contributed by atoms with Gasteiger partial charge in [-0.05, 0) is 44.0 Å². The van der Waals surface area contributed by atoms with Gasteiger partial charge >= 0.3 is 0 Å². The minimum atomic E-state index is -0.250. The quantitative estimate of drug-likeness (QED) is 0.797. The maximum absolute atomic E-state index is 12.4. The van der Waals surface area contributed by atoms with E-state index in [-0.39, 0.29) is 12.4 Å². The Kier molecular flexibility index (Phi) is 9.80. The lowest BCUT2D eigenvalue weighted by Crippen LogP contribution is -2.31. The summed E-state index contributed by atoms with van der Waals surface area (Å²) in [6.45, 7) is 2.90. The highest BCUT2D eigenvalue weighted by Crippen LogP contribution is 2.19. The summed E-state index contributed by atoms with van der Waals surface area (Å²) in [4.78, 5) is 24.8. The van der Waals surface area contributed by atoms with Crippen molar-refractivity contribution in [3.8, 4) is 0 Å². The van der Waals surface area contributed by atoms with Crippen LogP contribution in [0.3, 0.4) is 0 Å². The summed E-state index contributed by atoms with van der Waals surface area (Å²) in [5.74, 6) is 0.607. The molecule has 1 atom stereocenters. The lowest BCUT2D eigenvalue weighted by atomic mass is 9.98. The van der Waals surface area contributed by atoms with Crippen molar-refractivity contribution in [2.75, 3.05) is 34.4 Å². The van der Waals surface area contributed by atoms with E-state index >= 15 is 0 Å². The summed E-state index contributed by atoms with van der Waals surface area (Å²) >= 11 is 0. The van der Waals surface area contributed by atoms with Gasteiger partial charge in [0.05, 0.1) is 0 Å². The van der Waals surface area contributed by atoms with Crippen LogP contribution >= 0.6 is 0 Å². The van der Waals surface area contributed by atoms with Gasteiger partial charge in [0.25, 0.3) is 6.47 Å². The smallest absolute Gasteiger partial charge is 0.290 e. The first kappa shape index (κ1) is 21.1. The molecule has 1 N–H and O–H groups in total. The van der Waals surface area contributed by atoms with Gasteiger partial charge < -0.3 is 19.6 Å². The van der Waals surface area contributed by atoms with Crippen molar-refractivity contribution in [2.45, 2.75) is 32.4 Å². The van der Waals surface area contributed by atoms with Crippen molar-refractivity contribution in [1.29, 1.82) is 0 Å². The van der Waals surface area contributed by atoms with Crippen LogP contribution in [0.25, 0.3) is 0 Å². The molecule has 1 unspecified atom stereocenters. The zero-order valence-electron chi connectivity index (χ0n) is 15.5. The number of ether oxygens (including phenoxy) is 1. The van der Waals surface area contributed by atoms with Gasteiger partial charge in [-0.1, -0.05) is 24.3 Å². The number of carboxylic acid groups (broad SMARTS) is 1. The number of hydrogen-bond donors (Lipinski definition) is 1. The van der Waals surface area contributed by atoms with Crippen LogP contribution in [-0.4, -0.2) is 61.6 Å². The van der Waals surface area contributed by atoms with Gasteiger partial charge in [0.1, 0.15) is 0 Å². The van der Waals surface area contributed by atoms with E-state index in [1.165, 1.54) is 11.1 Å². The Hall–Kier alpha value is -1.92. The first-order valence-corrected chi connectivity index (χ1v) is 8.59. The molecule has 0 aromatic heterocycles. The number of hydrogen-bond acceptors (Lipinski definition) is 4. The van der Waals surface area contributed by atoms with Crippen molar-refractivity contribution in [1.82, 2.24) is 9.80 Å². The molecule has 1 amide bonds. The molecule has 0 aliphatic carbocycles. The van der Waals surface area contributed by atoms with Crippen LogP contribution in [0.1, 0.15) is 30.4 Å². The van der Waals surface area contributed by atoms with Crippen molar-refractivity contribution in [3.05, 3.63) is 35.4 Å². The van der Waals surface area contributed by atoms with Gasteiger partial charge in [0.15, 0.2) is 0 Å². The second-order valence-corrected chi connectivity index (χ2v) is 6.65. The van der Waals surface area contributed by atoms with Gasteiger partial charge in [-0.3, -0.25) is 9.59 Å². The lowest BCUT2D eigenvalue weighted by molar-refractivity contribution is -0.132. The molecule has 0 radical (unpaired) electrons. The number of benzene rings is 1. The van der Waals surface area contributed by atoms with E-state index in [0.29, 0.717) is 18.9 Å². The van der Waals surface area contributed by atoms with Gasteiger partial charge in [-0.25, -0.2) is 0 Å². The van der Waals surface area contributed by atoms with Gasteiger partial charge in [0.2, 0.25) is 5.91 Å². The van der Waals surface area contributed by atoms with Gasteiger partial charge in [-0.2, -0.15) is 0 Å². The van der Waals surface area contributed by atoms with E-state index in [0.717, 1.165) is 32.6 Å². The molecule has 2 rings (SSSR count). The SMILES string of the molecule is CN(C)Cc1ccccc1CN(C)C(=O)CC1CCCOC1.O=CO. The molecule has 1 aliphatic rings. The molecular weight excluding hydrogens is 320 g/mol. The Labute approximate surface area is 150 Å². The van der Waals surface area contributed by atoms with Crippen LogP contribution in [0.4, 0.5) is 0 Å². The number of amides is 1. The van der Waals surface area contributed by atoms with Crippen LogP contribution in [0.5, 0.6) is 0 Å². The summed E-state index contributed by atoms with van der Waals surface area (Å²) < 4.78 is 5.47. The zero-order chi connectivity index (χ0) is 18.7. The third kappa shape index (κ3) is 8.14. The number of carbonyl (C=O) groups is 2. The Bertz CT molecular complexity index is 528. The molecule has 25 heavy (non-hydrogen) atoms. The number of nitrogens with zero attached hydrogens (tertiary/aromatic N) is 2. The molecule has 1 aromatic carbocycles. The Morgan fingerprint density at radius 3 is 2.36 bits per heavy atom. The molecule has 1 fully saturated rings. The highest BCUT2D eigenvalue weighted by atomic mass is 16.5. The maximum atomic E-state index is 12.4. The van der Waals surface area contributed by atoms with Crippen LogP contribution in [0, 0.1) is 5.92 Å². The largest absolute Gasteiger partial charge is 0.483 e. The third-order valence-electron chi connectivity index (χ3n) is 4.16. The van der Waals surface area contributed by atoms with Crippen molar-refractivity contribution < 1.29 is 19.4 Å². The van der Waals surface area contributed by atoms with E-state index in [2.05, 4.69) is 37.2 Å². The van der Waals surface area contributed by atoms with Crippen molar-refractivity contribution in [3.63, 3.8) is 0 Å². The minimum Gasteiger partial charge on any atom is -0.483 e. The molecule has 0 bridgehead atoms. The summed E-state index contributed by atoms with van der Waals surface area (Å²) in [6, 6.07) is 8.36. The lowest BCUT2D eigenvalue weighted by Gasteiger charge is -2.25. The van der Waals surface area contributed by atoms with Gasteiger partial charge in [0, 0.05) is 39.8 Å². The highest BCUT2D eigenvalue weighted by molar-refractivity contribution is 5.76. The second-order valence-electron chi connectivity index (χ2n) is 6.65. The molecule has 1 aromatic rings. The Morgan fingerprint density at radius 1 is 1.24 bits per heavy atom. The fourth-order valence-electron chi connectivity index (χ4n) is 2.92. The molecule has 140 valence electrons. The molecule has 6 nitrogen and oxygen atoms in total. The average Bonchev–Trinajstić information content (AvgIpc) is 2.58. The maximum Gasteiger partial charge on any atom is 0.290 e. The number of carbonyl (C=O) groups excluding carboxylic acids is 1. The van der Waals surface area contributed by atoms with Gasteiger partial charge in [-0.15, -0.1) is 0 Å². The monoisotopic (exact) mass is 350 g/mol. The average molecular weight is 350 g/mol. The minimum absolute atomic E-state index is 0.218. The molecule has 0 spiro atoms. The normalized spacial score (nSPS) is 16.7. The van der Waals surface area contributed by atoms with E-state index in [9.17, 15) is 4.79 Å². The van der Waals surface area contributed by atoms with E-state index in [4.69, 9.17) is 14.6 Å². The fraction of sp³-hybridized carbons (Fsp3) is 0.579. The van der Waals surface area contributed by atoms with Crippen LogP contribution in [0.2, 0.25) is 0 Å². The van der Waals surface area contributed by atoms with Crippen LogP contribution < -0.4 is 0 Å². The predicted octanol–water partition coefficient (Wildman–Crippen LogP) is 2.22. The molecule has 0 saturated carbocycles. The van der Waals surface area contributed by atoms with Crippen LogP contribution in [0.15, 0.2) is 24.3 Å². The highest BCUT2D eigenvalue weighted by Gasteiger charge is 2.20. The summed E-state index contributed by atoms with van der Waals surface area (Å²) in [7, 11) is 6.03. The first-order chi connectivity index (χ1) is 12.0. The van der Waals surface area contributed by atoms with Crippen molar-refractivity contribution >= 4 is 12.4 Å². The van der Waals surface area contributed by atoms with Crippen LogP contribution in [-0.2, 0) is 27.4 Å². The molecule has 1 heterocycles. The Balaban J connectivity index is 0.000000970. The zero-order valence-corrected chi connectivity index (χ0v) is 15.5. The standard InChI is InChI=1S/C18H28N2O2.CH2O2/c1-19(2)12-16-8-4-5-9-17(16)13-20(3)18(21)11-15-7-6-10-22-14-15;2-1-3/h4-5,8-9,15H,6-7,10-14H2,1-3H3;1H,(H,2,3). The van der Waals surface area contributed by atoms with E-state index < -0.39 is 0 Å². The summed E-state index contributed by atoms with van der Waals surface area (Å²) in [5, 5.41) is 6.89. The molecular formula is C19H30N2O4.